The number of ether oxygens (including phenoxy) is 3. The van der Waals surface area contributed by atoms with E-state index < -0.39 is 17.7 Å². The van der Waals surface area contributed by atoms with E-state index >= 15 is 0 Å². The standard InChI is InChI=1S/C34H35N9O5/c1-34(2,3)48-31(44)27(36-4)17-24-11-10-23-16-25(12-13-26(23)40-24)43(5)14-15-46-33(45)37-18-21-6-8-22(9-7-21)19-47-30-28-29(39-20-38-28)41-32(35)42-30/h6-13,16-17,20H,14-15,18-19H2,1-3,5H3,(H,37,45)(H3,35,38,39,41,42)/b27-17-. The van der Waals surface area contributed by atoms with Crippen molar-refractivity contribution in [3.05, 3.63) is 94.9 Å². The highest BCUT2D eigenvalue weighted by Gasteiger charge is 2.20. The topological polar surface area (TPSA) is 175 Å². The summed E-state index contributed by atoms with van der Waals surface area (Å²) in [5.74, 6) is -0.285. The predicted molar refractivity (Wildman–Crippen MR) is 180 cm³/mol. The quantitative estimate of drug-likeness (QED) is 0.0995. The number of H-pyrrole nitrogens is 1. The van der Waals surface area contributed by atoms with Crippen LogP contribution < -0.4 is 20.7 Å². The second kappa shape index (κ2) is 14.5. The third-order valence-corrected chi connectivity index (χ3v) is 6.91. The Morgan fingerprint density at radius 3 is 2.58 bits per heavy atom. The second-order valence-electron chi connectivity index (χ2n) is 11.8. The molecule has 3 heterocycles. The zero-order chi connectivity index (χ0) is 34.3. The molecule has 246 valence electrons. The summed E-state index contributed by atoms with van der Waals surface area (Å²) < 4.78 is 16.5. The van der Waals surface area contributed by atoms with Crippen LogP contribution in [-0.2, 0) is 27.4 Å². The van der Waals surface area contributed by atoms with Gasteiger partial charge in [0.1, 0.15) is 24.3 Å². The molecule has 0 aliphatic carbocycles. The van der Waals surface area contributed by atoms with Crippen molar-refractivity contribution in [1.29, 1.82) is 0 Å². The minimum atomic E-state index is -0.703. The minimum Gasteiger partial charge on any atom is -0.471 e. The number of carbonyl (C=O) groups is 2. The number of alkyl carbamates (subject to hydrolysis) is 1. The van der Waals surface area contributed by atoms with Gasteiger partial charge in [-0.05, 0) is 62.2 Å². The summed E-state index contributed by atoms with van der Waals surface area (Å²) in [7, 11) is 1.90. The van der Waals surface area contributed by atoms with Gasteiger partial charge >= 0.3 is 12.1 Å². The number of esters is 1. The van der Waals surface area contributed by atoms with Crippen LogP contribution in [0.2, 0.25) is 0 Å². The van der Waals surface area contributed by atoms with E-state index in [1.165, 1.54) is 12.4 Å². The number of nitrogens with one attached hydrogen (secondary N) is 2. The van der Waals surface area contributed by atoms with Crippen LogP contribution in [0.5, 0.6) is 5.88 Å². The molecule has 4 N–H and O–H groups in total. The van der Waals surface area contributed by atoms with Gasteiger partial charge in [-0.25, -0.2) is 19.6 Å². The van der Waals surface area contributed by atoms with Gasteiger partial charge in [0.15, 0.2) is 5.65 Å². The number of hydrogen-bond acceptors (Lipinski definition) is 11. The monoisotopic (exact) mass is 649 g/mol. The zero-order valence-corrected chi connectivity index (χ0v) is 27.0. The third-order valence-electron chi connectivity index (χ3n) is 6.91. The molecule has 0 unspecified atom stereocenters. The molecular formula is C34H35N9O5. The lowest BCUT2D eigenvalue weighted by Gasteiger charge is -2.20. The number of aromatic amines is 1. The number of nitrogens with zero attached hydrogens (tertiary/aromatic N) is 6. The number of benzene rings is 2. The first-order valence-electron chi connectivity index (χ1n) is 15.0. The average Bonchev–Trinajstić information content (AvgIpc) is 3.53. The summed E-state index contributed by atoms with van der Waals surface area (Å²) in [6, 6.07) is 16.9. The van der Waals surface area contributed by atoms with Gasteiger partial charge in [0.2, 0.25) is 11.8 Å². The van der Waals surface area contributed by atoms with Crippen molar-refractivity contribution >= 4 is 51.8 Å². The number of fused-ring (bicyclic) bond motifs is 2. The summed E-state index contributed by atoms with van der Waals surface area (Å²) >= 11 is 0. The molecule has 0 saturated heterocycles. The summed E-state index contributed by atoms with van der Waals surface area (Å²) in [5, 5.41) is 3.64. The van der Waals surface area contributed by atoms with Crippen molar-refractivity contribution in [1.82, 2.24) is 30.2 Å². The van der Waals surface area contributed by atoms with Gasteiger partial charge in [-0.3, -0.25) is 4.79 Å². The molecule has 0 atom stereocenters. The van der Waals surface area contributed by atoms with Gasteiger partial charge in [-0.1, -0.05) is 30.3 Å². The van der Waals surface area contributed by atoms with E-state index in [0.717, 1.165) is 22.2 Å². The smallest absolute Gasteiger partial charge is 0.407 e. The molecule has 5 rings (SSSR count). The van der Waals surface area contributed by atoms with Crippen LogP contribution in [0.15, 0.2) is 66.6 Å². The van der Waals surface area contributed by atoms with Crippen LogP contribution in [0.1, 0.15) is 37.6 Å². The van der Waals surface area contributed by atoms with Gasteiger partial charge in [-0.15, -0.1) is 0 Å². The number of carbonyl (C=O) groups excluding carboxylic acids is 2. The van der Waals surface area contributed by atoms with Crippen LogP contribution in [0.25, 0.3) is 33.0 Å². The van der Waals surface area contributed by atoms with Gasteiger partial charge in [0.25, 0.3) is 5.70 Å². The maximum atomic E-state index is 12.3. The fraction of sp³-hybridized carbons (Fsp3) is 0.265. The van der Waals surface area contributed by atoms with Gasteiger partial charge in [-0.2, -0.15) is 9.97 Å². The van der Waals surface area contributed by atoms with E-state index in [0.29, 0.717) is 41.3 Å². The second-order valence-corrected chi connectivity index (χ2v) is 11.8. The van der Waals surface area contributed by atoms with E-state index in [2.05, 4.69) is 35.1 Å². The Morgan fingerprint density at radius 2 is 1.83 bits per heavy atom. The van der Waals surface area contributed by atoms with Crippen LogP contribution in [0.3, 0.4) is 0 Å². The maximum Gasteiger partial charge on any atom is 0.407 e. The summed E-state index contributed by atoms with van der Waals surface area (Å²) in [5.41, 5.74) is 9.79. The summed E-state index contributed by atoms with van der Waals surface area (Å²) in [6.45, 7) is 13.8. The molecule has 1 amide bonds. The molecule has 2 aromatic carbocycles. The molecule has 0 aliphatic rings. The minimum absolute atomic E-state index is 0.0796. The Hall–Kier alpha value is -6.23. The maximum absolute atomic E-state index is 12.3. The Labute approximate surface area is 276 Å². The van der Waals surface area contributed by atoms with Crippen molar-refractivity contribution in [3.63, 3.8) is 0 Å². The largest absolute Gasteiger partial charge is 0.471 e. The van der Waals surface area contributed by atoms with Crippen molar-refractivity contribution in [2.75, 3.05) is 30.8 Å². The zero-order valence-electron chi connectivity index (χ0n) is 27.0. The first-order chi connectivity index (χ1) is 23.0. The molecule has 3 aromatic heterocycles. The molecule has 14 nitrogen and oxygen atoms in total. The van der Waals surface area contributed by atoms with Crippen molar-refractivity contribution in [2.24, 2.45) is 0 Å². The number of nitrogen functional groups attached to an aromatic ring is 1. The van der Waals surface area contributed by atoms with Crippen LogP contribution in [-0.4, -0.2) is 62.8 Å². The number of nitrogens with two attached hydrogens (primary N) is 1. The number of pyridine rings is 1. The molecule has 5 aromatic rings. The Balaban J connectivity index is 1.07. The molecule has 0 bridgehead atoms. The molecule has 0 fully saturated rings. The summed E-state index contributed by atoms with van der Waals surface area (Å²) in [6.07, 6.45) is 2.40. The van der Waals surface area contributed by atoms with Crippen molar-refractivity contribution in [2.45, 2.75) is 39.5 Å². The van der Waals surface area contributed by atoms with Gasteiger partial charge in [0.05, 0.1) is 30.7 Å². The highest BCUT2D eigenvalue weighted by atomic mass is 16.6. The SMILES string of the molecule is [C-]#[N+]/C(=C\c1ccc2cc(N(C)CCOC(=O)NCc3ccc(COc4nc(N)nc5nc[nH]c45)cc3)ccc2n1)C(=O)OC(C)(C)C. The molecule has 0 aliphatic heterocycles. The number of aromatic nitrogens is 5. The molecule has 14 heteroatoms. The van der Waals surface area contributed by atoms with E-state index in [-0.39, 0.29) is 24.9 Å². The average molecular weight is 650 g/mol. The molecule has 0 spiro atoms. The van der Waals surface area contributed by atoms with E-state index in [1.807, 2.05) is 60.5 Å². The first-order valence-corrected chi connectivity index (χ1v) is 15.0. The predicted octanol–water partition coefficient (Wildman–Crippen LogP) is 5.03. The molecule has 0 radical (unpaired) electrons. The number of anilines is 2. The van der Waals surface area contributed by atoms with Crippen LogP contribution >= 0.6 is 0 Å². The molecule has 48 heavy (non-hydrogen) atoms. The first kappa shape index (κ1) is 33.1. The van der Waals surface area contributed by atoms with Crippen molar-refractivity contribution in [3.8, 4) is 5.88 Å². The Kier molecular flexibility index (Phi) is 9.99. The summed E-state index contributed by atoms with van der Waals surface area (Å²) in [4.78, 5) is 49.7. The number of amides is 1. The van der Waals surface area contributed by atoms with Crippen LogP contribution in [0, 0.1) is 6.57 Å². The van der Waals surface area contributed by atoms with Crippen molar-refractivity contribution < 1.29 is 23.8 Å². The van der Waals surface area contributed by atoms with Gasteiger partial charge in [0, 0.05) is 24.7 Å². The number of rotatable bonds is 11. The number of imidazole rings is 1. The molecular weight excluding hydrogens is 614 g/mol. The number of hydrogen-bond donors (Lipinski definition) is 3. The lowest BCUT2D eigenvalue weighted by atomic mass is 10.1. The normalized spacial score (nSPS) is 11.6. The van der Waals surface area contributed by atoms with Crippen LogP contribution in [0.4, 0.5) is 16.4 Å². The lowest BCUT2D eigenvalue weighted by molar-refractivity contribution is -0.149. The van der Waals surface area contributed by atoms with E-state index in [9.17, 15) is 9.59 Å². The fourth-order valence-electron chi connectivity index (χ4n) is 4.52. The fourth-order valence-corrected chi connectivity index (χ4v) is 4.52. The lowest BCUT2D eigenvalue weighted by Crippen LogP contribution is -2.28. The highest BCUT2D eigenvalue weighted by molar-refractivity contribution is 5.96. The van der Waals surface area contributed by atoms with E-state index in [4.69, 9.17) is 26.5 Å². The highest BCUT2D eigenvalue weighted by Crippen LogP contribution is 2.23. The molecule has 0 saturated carbocycles. The Bertz CT molecular complexity index is 2010. The number of likely N-dealkylation sites (N-methyl/N-ethyl adjacent to an activating group) is 1. The Morgan fingerprint density at radius 1 is 1.06 bits per heavy atom. The third kappa shape index (κ3) is 8.73. The van der Waals surface area contributed by atoms with E-state index in [1.54, 1.807) is 26.8 Å². The van der Waals surface area contributed by atoms with Gasteiger partial charge < -0.3 is 35.1 Å².